The van der Waals surface area contributed by atoms with Crippen molar-refractivity contribution in [3.8, 4) is 0 Å². The maximum atomic E-state index is 12.7. The smallest absolute Gasteiger partial charge is 0.255 e. The number of halogens is 1. The van der Waals surface area contributed by atoms with Crippen LogP contribution < -0.4 is 9.62 Å². The maximum absolute atomic E-state index is 12.7. The Bertz CT molecular complexity index is 1190. The van der Waals surface area contributed by atoms with Gasteiger partial charge in [0, 0.05) is 27.0 Å². The molecular formula is C21H19ClN2O4S. The van der Waals surface area contributed by atoms with Crippen molar-refractivity contribution >= 4 is 49.7 Å². The molecule has 3 aromatic rings. The highest BCUT2D eigenvalue weighted by molar-refractivity contribution is 7.92. The van der Waals surface area contributed by atoms with Gasteiger partial charge in [-0.2, -0.15) is 0 Å². The van der Waals surface area contributed by atoms with E-state index in [0.717, 1.165) is 16.3 Å². The van der Waals surface area contributed by atoms with Crippen molar-refractivity contribution in [2.75, 3.05) is 28.7 Å². The van der Waals surface area contributed by atoms with Crippen LogP contribution >= 0.6 is 11.6 Å². The molecule has 1 saturated heterocycles. The summed E-state index contributed by atoms with van der Waals surface area (Å²) >= 11 is 6.33. The first kappa shape index (κ1) is 19.7. The number of nitrogens with zero attached hydrogens (tertiary/aromatic N) is 1. The molecule has 0 saturated carbocycles. The number of sulfonamides is 1. The number of ether oxygens (including phenoxy) is 1. The van der Waals surface area contributed by atoms with Crippen molar-refractivity contribution in [1.29, 1.82) is 0 Å². The molecule has 1 heterocycles. The summed E-state index contributed by atoms with van der Waals surface area (Å²) in [4.78, 5) is 12.7. The van der Waals surface area contributed by atoms with Crippen LogP contribution in [-0.2, 0) is 14.8 Å². The van der Waals surface area contributed by atoms with Crippen molar-refractivity contribution < 1.29 is 17.9 Å². The molecule has 3 aromatic carbocycles. The molecule has 1 fully saturated rings. The van der Waals surface area contributed by atoms with Gasteiger partial charge >= 0.3 is 0 Å². The van der Waals surface area contributed by atoms with Crippen LogP contribution in [0.4, 0.5) is 11.4 Å². The number of fused-ring (bicyclic) bond motifs is 1. The van der Waals surface area contributed by atoms with E-state index in [-0.39, 0.29) is 25.0 Å². The molecule has 1 N–H and O–H groups in total. The highest BCUT2D eigenvalue weighted by Gasteiger charge is 2.26. The molecule has 0 radical (unpaired) electrons. The third kappa shape index (κ3) is 3.81. The predicted octanol–water partition coefficient (Wildman–Crippen LogP) is 4.18. The molecular weight excluding hydrogens is 412 g/mol. The number of carbonyl (C=O) groups is 1. The van der Waals surface area contributed by atoms with Crippen LogP contribution in [0.25, 0.3) is 10.8 Å². The van der Waals surface area contributed by atoms with E-state index in [0.29, 0.717) is 22.0 Å². The van der Waals surface area contributed by atoms with E-state index in [1.807, 2.05) is 25.1 Å². The summed E-state index contributed by atoms with van der Waals surface area (Å²) in [5.41, 5.74) is 2.57. The Morgan fingerprint density at radius 2 is 1.86 bits per heavy atom. The average molecular weight is 431 g/mol. The fourth-order valence-corrected chi connectivity index (χ4v) is 4.90. The molecule has 6 nitrogen and oxygen atoms in total. The minimum Gasteiger partial charge on any atom is -0.359 e. The fraction of sp³-hybridized carbons (Fsp3) is 0.190. The topological polar surface area (TPSA) is 75.7 Å². The Hall–Kier alpha value is -2.61. The van der Waals surface area contributed by atoms with Crippen LogP contribution in [0.2, 0.25) is 5.02 Å². The van der Waals surface area contributed by atoms with Gasteiger partial charge in [0.1, 0.15) is 6.73 Å². The van der Waals surface area contributed by atoms with E-state index in [2.05, 4.69) is 5.32 Å². The number of benzene rings is 3. The molecule has 29 heavy (non-hydrogen) atoms. The van der Waals surface area contributed by atoms with E-state index >= 15 is 0 Å². The molecule has 1 aliphatic rings. The average Bonchev–Trinajstić information content (AvgIpc) is 2.70. The normalized spacial score (nSPS) is 16.0. The second-order valence-electron chi connectivity index (χ2n) is 6.80. The molecule has 0 aromatic heterocycles. The summed E-state index contributed by atoms with van der Waals surface area (Å²) in [6, 6.07) is 15.7. The summed E-state index contributed by atoms with van der Waals surface area (Å²) in [6.07, 6.45) is 0. The molecule has 150 valence electrons. The standard InChI is InChI=1S/C21H19ClN2O4S/c1-14-3-2-4-17-19(10-9-18(22)20(14)17)23-21(25)15-5-7-16(8-6-15)24-13-28-11-12-29(24,26)27/h2-10H,11-13H2,1H3,(H,23,25). The van der Waals surface area contributed by atoms with Gasteiger partial charge in [0.2, 0.25) is 10.0 Å². The van der Waals surface area contributed by atoms with Gasteiger partial charge in [-0.05, 0) is 48.9 Å². The third-order valence-corrected chi connectivity index (χ3v) is 6.88. The van der Waals surface area contributed by atoms with Crippen LogP contribution in [0, 0.1) is 6.92 Å². The van der Waals surface area contributed by atoms with Gasteiger partial charge < -0.3 is 10.1 Å². The van der Waals surface area contributed by atoms with Crippen molar-refractivity contribution in [3.63, 3.8) is 0 Å². The molecule has 0 aliphatic carbocycles. The van der Waals surface area contributed by atoms with Gasteiger partial charge in [0.05, 0.1) is 18.0 Å². The Morgan fingerprint density at radius 1 is 1.10 bits per heavy atom. The lowest BCUT2D eigenvalue weighted by molar-refractivity contribution is 0.102. The highest BCUT2D eigenvalue weighted by atomic mass is 35.5. The zero-order valence-corrected chi connectivity index (χ0v) is 17.3. The van der Waals surface area contributed by atoms with Crippen LogP contribution in [-0.4, -0.2) is 33.4 Å². The fourth-order valence-electron chi connectivity index (χ4n) is 3.36. The monoisotopic (exact) mass is 430 g/mol. The SMILES string of the molecule is Cc1cccc2c(NC(=O)c3ccc(N4COCCS4(=O)=O)cc3)ccc(Cl)c12. The summed E-state index contributed by atoms with van der Waals surface area (Å²) in [7, 11) is -3.40. The number of rotatable bonds is 3. The summed E-state index contributed by atoms with van der Waals surface area (Å²) in [5.74, 6) is -0.349. The quantitative estimate of drug-likeness (QED) is 0.676. The first-order valence-corrected chi connectivity index (χ1v) is 11.0. The summed E-state index contributed by atoms with van der Waals surface area (Å²) in [5, 5.41) is 5.31. The zero-order valence-electron chi connectivity index (χ0n) is 15.7. The summed E-state index contributed by atoms with van der Waals surface area (Å²) in [6.45, 7) is 2.13. The number of nitrogens with one attached hydrogen (secondary N) is 1. The van der Waals surface area contributed by atoms with Gasteiger partial charge in [-0.1, -0.05) is 29.8 Å². The minimum absolute atomic E-state index is 0.0238. The Labute approximate surface area is 174 Å². The number of hydrogen-bond donors (Lipinski definition) is 1. The number of aryl methyl sites for hydroxylation is 1. The van der Waals surface area contributed by atoms with Gasteiger partial charge in [-0.25, -0.2) is 12.7 Å². The van der Waals surface area contributed by atoms with Crippen LogP contribution in [0.1, 0.15) is 15.9 Å². The number of anilines is 2. The molecule has 0 unspecified atom stereocenters. The molecule has 0 spiro atoms. The van der Waals surface area contributed by atoms with Gasteiger partial charge in [-0.3, -0.25) is 4.79 Å². The van der Waals surface area contributed by atoms with Crippen molar-refractivity contribution in [2.45, 2.75) is 6.92 Å². The Kier molecular flexibility index (Phi) is 5.21. The first-order valence-electron chi connectivity index (χ1n) is 9.04. The number of amides is 1. The van der Waals surface area contributed by atoms with Gasteiger partial charge in [0.25, 0.3) is 5.91 Å². The molecule has 1 aliphatic heterocycles. The second-order valence-corrected chi connectivity index (χ2v) is 9.22. The second kappa shape index (κ2) is 7.67. The van der Waals surface area contributed by atoms with Gasteiger partial charge in [0.15, 0.2) is 0 Å². The van der Waals surface area contributed by atoms with Gasteiger partial charge in [-0.15, -0.1) is 0 Å². The molecule has 1 amide bonds. The molecule has 8 heteroatoms. The van der Waals surface area contributed by atoms with E-state index < -0.39 is 10.0 Å². The molecule has 4 rings (SSSR count). The van der Waals surface area contributed by atoms with Crippen LogP contribution in [0.3, 0.4) is 0 Å². The van der Waals surface area contributed by atoms with Crippen molar-refractivity contribution in [2.24, 2.45) is 0 Å². The third-order valence-electron chi connectivity index (χ3n) is 4.89. The van der Waals surface area contributed by atoms with E-state index in [1.165, 1.54) is 4.31 Å². The minimum atomic E-state index is -3.40. The lowest BCUT2D eigenvalue weighted by atomic mass is 10.0. The molecule has 0 atom stereocenters. The zero-order chi connectivity index (χ0) is 20.6. The number of carbonyl (C=O) groups excluding carboxylic acids is 1. The maximum Gasteiger partial charge on any atom is 0.255 e. The van der Waals surface area contributed by atoms with E-state index in [4.69, 9.17) is 16.3 Å². The predicted molar refractivity (Wildman–Crippen MR) is 115 cm³/mol. The summed E-state index contributed by atoms with van der Waals surface area (Å²) < 4.78 is 30.8. The van der Waals surface area contributed by atoms with E-state index in [9.17, 15) is 13.2 Å². The van der Waals surface area contributed by atoms with Crippen molar-refractivity contribution in [3.05, 3.63) is 70.7 Å². The number of hydrogen-bond acceptors (Lipinski definition) is 4. The van der Waals surface area contributed by atoms with Crippen molar-refractivity contribution in [1.82, 2.24) is 0 Å². The van der Waals surface area contributed by atoms with Crippen LogP contribution in [0.5, 0.6) is 0 Å². The Balaban J connectivity index is 1.59. The molecule has 0 bridgehead atoms. The largest absolute Gasteiger partial charge is 0.359 e. The first-order chi connectivity index (χ1) is 13.9. The Morgan fingerprint density at radius 3 is 2.59 bits per heavy atom. The van der Waals surface area contributed by atoms with E-state index in [1.54, 1.807) is 36.4 Å². The lowest BCUT2D eigenvalue weighted by Gasteiger charge is -2.28. The van der Waals surface area contributed by atoms with Crippen LogP contribution in [0.15, 0.2) is 54.6 Å². The lowest BCUT2D eigenvalue weighted by Crippen LogP contribution is -2.41. The highest BCUT2D eigenvalue weighted by Crippen LogP contribution is 2.32.